The predicted octanol–water partition coefficient (Wildman–Crippen LogP) is 4.63. The highest BCUT2D eigenvalue weighted by Crippen LogP contribution is 2.57. The van der Waals surface area contributed by atoms with Gasteiger partial charge in [0.1, 0.15) is 17.3 Å². The number of carbonyl (C=O) groups excluding carboxylic acids is 1. The number of halogens is 2. The molecule has 32 heavy (non-hydrogen) atoms. The molecule has 164 valence electrons. The van der Waals surface area contributed by atoms with E-state index in [-0.39, 0.29) is 11.6 Å². The minimum atomic E-state index is -0.681. The SMILES string of the molecule is COc1ccc(C2(NC(=O)c3nn(-c4ccc(F)cc4F)c4c3C[C@H]3C[C@@H]43)CCC2)cc1. The minimum Gasteiger partial charge on any atom is -0.497 e. The van der Waals surface area contributed by atoms with Crippen LogP contribution < -0.4 is 10.1 Å². The molecule has 6 rings (SSSR count). The number of amides is 1. The van der Waals surface area contributed by atoms with Crippen molar-refractivity contribution in [2.45, 2.75) is 43.6 Å². The van der Waals surface area contributed by atoms with Crippen LogP contribution in [0.1, 0.15) is 58.9 Å². The largest absolute Gasteiger partial charge is 0.497 e. The third-order valence-electron chi connectivity index (χ3n) is 7.32. The molecule has 1 heterocycles. The molecule has 7 heteroatoms. The molecule has 2 fully saturated rings. The van der Waals surface area contributed by atoms with Gasteiger partial charge in [-0.1, -0.05) is 12.1 Å². The smallest absolute Gasteiger partial charge is 0.272 e. The second-order valence-corrected chi connectivity index (χ2v) is 9.14. The maximum Gasteiger partial charge on any atom is 0.272 e. The van der Waals surface area contributed by atoms with Crippen molar-refractivity contribution in [2.24, 2.45) is 5.92 Å². The van der Waals surface area contributed by atoms with Crippen molar-refractivity contribution >= 4 is 5.91 Å². The normalized spacial score (nSPS) is 22.0. The molecule has 2 saturated carbocycles. The van der Waals surface area contributed by atoms with Crippen LogP contribution in [0.15, 0.2) is 42.5 Å². The van der Waals surface area contributed by atoms with Crippen molar-refractivity contribution in [1.29, 1.82) is 0 Å². The van der Waals surface area contributed by atoms with E-state index in [0.717, 1.165) is 60.7 Å². The van der Waals surface area contributed by atoms with Crippen molar-refractivity contribution in [1.82, 2.24) is 15.1 Å². The Balaban J connectivity index is 1.36. The maximum absolute atomic E-state index is 14.6. The van der Waals surface area contributed by atoms with Crippen LogP contribution in [0.3, 0.4) is 0 Å². The highest BCUT2D eigenvalue weighted by atomic mass is 19.1. The number of hydrogen-bond donors (Lipinski definition) is 1. The van der Waals surface area contributed by atoms with Gasteiger partial charge in [0.15, 0.2) is 11.5 Å². The molecule has 0 spiro atoms. The van der Waals surface area contributed by atoms with E-state index in [1.54, 1.807) is 7.11 Å². The number of hydrogen-bond acceptors (Lipinski definition) is 3. The van der Waals surface area contributed by atoms with E-state index in [0.29, 0.717) is 17.5 Å². The summed E-state index contributed by atoms with van der Waals surface area (Å²) in [5.74, 6) is 0.00102. The first-order valence-corrected chi connectivity index (χ1v) is 11.0. The van der Waals surface area contributed by atoms with Crippen molar-refractivity contribution in [3.8, 4) is 11.4 Å². The van der Waals surface area contributed by atoms with Crippen molar-refractivity contribution < 1.29 is 18.3 Å². The molecule has 0 saturated heterocycles. The molecule has 3 aliphatic rings. The Hall–Kier alpha value is -3.22. The van der Waals surface area contributed by atoms with Gasteiger partial charge in [-0.2, -0.15) is 5.10 Å². The molecular formula is C25H23F2N3O2. The van der Waals surface area contributed by atoms with Crippen molar-refractivity contribution in [3.05, 3.63) is 76.6 Å². The number of ether oxygens (including phenoxy) is 1. The molecule has 2 aromatic carbocycles. The van der Waals surface area contributed by atoms with E-state index in [4.69, 9.17) is 4.74 Å². The van der Waals surface area contributed by atoms with Crippen molar-refractivity contribution in [2.75, 3.05) is 7.11 Å². The molecule has 1 N–H and O–H groups in total. The summed E-state index contributed by atoms with van der Waals surface area (Å²) in [4.78, 5) is 13.4. The third-order valence-corrected chi connectivity index (χ3v) is 7.32. The van der Waals surface area contributed by atoms with Gasteiger partial charge in [0.25, 0.3) is 5.91 Å². The fourth-order valence-electron chi connectivity index (χ4n) is 5.34. The Bertz CT molecular complexity index is 1230. The Kier molecular flexibility index (Phi) is 4.19. The lowest BCUT2D eigenvalue weighted by molar-refractivity contribution is 0.0816. The second kappa shape index (κ2) is 6.89. The van der Waals surface area contributed by atoms with Crippen LogP contribution in [0.2, 0.25) is 0 Å². The molecule has 2 atom stereocenters. The van der Waals surface area contributed by atoms with Crippen LogP contribution >= 0.6 is 0 Å². The van der Waals surface area contributed by atoms with Gasteiger partial charge in [-0.3, -0.25) is 4.79 Å². The van der Waals surface area contributed by atoms with Crippen LogP contribution in [-0.4, -0.2) is 22.8 Å². The van der Waals surface area contributed by atoms with Crippen LogP contribution in [0.25, 0.3) is 5.69 Å². The summed E-state index contributed by atoms with van der Waals surface area (Å²) in [5, 5.41) is 7.79. The standard InChI is InChI=1S/C25H23F2N3O2/c1-32-17-6-3-15(4-7-17)25(9-2-10-25)28-24(31)22-19-12-14-11-18(14)23(19)30(29-22)21-8-5-16(26)13-20(21)27/h3-8,13-14,18H,2,9-12H2,1H3,(H,28,31)/t14-,18-/m1/s1. The number of rotatable bonds is 5. The molecule has 5 nitrogen and oxygen atoms in total. The van der Waals surface area contributed by atoms with Gasteiger partial charge >= 0.3 is 0 Å². The fraction of sp³-hybridized carbons (Fsp3) is 0.360. The Morgan fingerprint density at radius 3 is 2.62 bits per heavy atom. The van der Waals surface area contributed by atoms with Crippen LogP contribution in [0.4, 0.5) is 8.78 Å². The molecule has 0 bridgehead atoms. The van der Waals surface area contributed by atoms with Gasteiger partial charge in [0.05, 0.1) is 18.3 Å². The summed E-state index contributed by atoms with van der Waals surface area (Å²) in [6.07, 6.45) is 4.54. The Morgan fingerprint density at radius 1 is 1.19 bits per heavy atom. The van der Waals surface area contributed by atoms with Gasteiger partial charge in [-0.25, -0.2) is 13.5 Å². The lowest BCUT2D eigenvalue weighted by Crippen LogP contribution is -2.51. The lowest BCUT2D eigenvalue weighted by Gasteiger charge is -2.43. The highest BCUT2D eigenvalue weighted by molar-refractivity contribution is 5.95. The predicted molar refractivity (Wildman–Crippen MR) is 114 cm³/mol. The minimum absolute atomic E-state index is 0.183. The average Bonchev–Trinajstić information content (AvgIpc) is 3.26. The van der Waals surface area contributed by atoms with E-state index in [1.807, 2.05) is 24.3 Å². The number of aromatic nitrogens is 2. The summed E-state index contributed by atoms with van der Waals surface area (Å²) in [6.45, 7) is 0. The Labute approximate surface area is 184 Å². The highest BCUT2D eigenvalue weighted by Gasteiger charge is 2.51. The zero-order chi connectivity index (χ0) is 22.0. The van der Waals surface area contributed by atoms with E-state index >= 15 is 0 Å². The maximum atomic E-state index is 14.6. The molecule has 1 amide bonds. The van der Waals surface area contributed by atoms with Gasteiger partial charge in [-0.05, 0) is 67.9 Å². The number of methoxy groups -OCH3 is 1. The number of fused-ring (bicyclic) bond motifs is 3. The average molecular weight is 435 g/mol. The topological polar surface area (TPSA) is 56.1 Å². The molecule has 0 unspecified atom stereocenters. The van der Waals surface area contributed by atoms with Crippen molar-refractivity contribution in [3.63, 3.8) is 0 Å². The number of carbonyl (C=O) groups is 1. The molecule has 3 aliphatic carbocycles. The zero-order valence-electron chi connectivity index (χ0n) is 17.7. The van der Waals surface area contributed by atoms with E-state index in [2.05, 4.69) is 10.4 Å². The molecule has 3 aromatic rings. The quantitative estimate of drug-likeness (QED) is 0.636. The first-order chi connectivity index (χ1) is 15.5. The number of benzene rings is 2. The number of nitrogens with zero attached hydrogens (tertiary/aromatic N) is 2. The first-order valence-electron chi connectivity index (χ1n) is 11.0. The van der Waals surface area contributed by atoms with E-state index in [9.17, 15) is 13.6 Å². The molecule has 0 radical (unpaired) electrons. The molecule has 1 aromatic heterocycles. The van der Waals surface area contributed by atoms with Gasteiger partial charge in [-0.15, -0.1) is 0 Å². The summed E-state index contributed by atoms with van der Waals surface area (Å²) in [5.41, 5.74) is 2.96. The molecular weight excluding hydrogens is 412 g/mol. The molecule has 0 aliphatic heterocycles. The van der Waals surface area contributed by atoms with Crippen LogP contribution in [0, 0.1) is 17.6 Å². The number of nitrogens with one attached hydrogen (secondary N) is 1. The van der Waals surface area contributed by atoms with Gasteiger partial charge in [0.2, 0.25) is 0 Å². The summed E-state index contributed by atoms with van der Waals surface area (Å²) >= 11 is 0. The second-order valence-electron chi connectivity index (χ2n) is 9.14. The Morgan fingerprint density at radius 2 is 1.97 bits per heavy atom. The summed E-state index contributed by atoms with van der Waals surface area (Å²) < 4.78 is 34.8. The summed E-state index contributed by atoms with van der Waals surface area (Å²) in [7, 11) is 1.63. The monoisotopic (exact) mass is 435 g/mol. The van der Waals surface area contributed by atoms with Crippen LogP contribution in [-0.2, 0) is 12.0 Å². The zero-order valence-corrected chi connectivity index (χ0v) is 17.7. The van der Waals surface area contributed by atoms with Gasteiger partial charge in [0, 0.05) is 17.5 Å². The van der Waals surface area contributed by atoms with E-state index in [1.165, 1.54) is 16.8 Å². The first kappa shape index (κ1) is 19.5. The third kappa shape index (κ3) is 2.87. The summed E-state index contributed by atoms with van der Waals surface area (Å²) in [6, 6.07) is 11.3. The lowest BCUT2D eigenvalue weighted by atomic mass is 9.71. The van der Waals surface area contributed by atoms with Gasteiger partial charge < -0.3 is 10.1 Å². The van der Waals surface area contributed by atoms with E-state index < -0.39 is 17.2 Å². The fourth-order valence-corrected chi connectivity index (χ4v) is 5.34. The van der Waals surface area contributed by atoms with Crippen LogP contribution in [0.5, 0.6) is 5.75 Å².